The van der Waals surface area contributed by atoms with Crippen molar-refractivity contribution in [3.05, 3.63) is 35.8 Å². The number of aromatic nitrogens is 2. The van der Waals surface area contributed by atoms with Gasteiger partial charge in [0.1, 0.15) is 5.82 Å². The van der Waals surface area contributed by atoms with Gasteiger partial charge in [-0.2, -0.15) is 0 Å². The molecule has 0 fully saturated rings. The molecule has 1 aliphatic heterocycles. The average Bonchev–Trinajstić information content (AvgIpc) is 2.69. The molecule has 0 unspecified atom stereocenters. The number of anilines is 1. The van der Waals surface area contributed by atoms with Crippen molar-refractivity contribution >= 4 is 5.95 Å². The van der Waals surface area contributed by atoms with Crippen LogP contribution in [0.1, 0.15) is 12.1 Å². The van der Waals surface area contributed by atoms with Crippen LogP contribution in [0, 0.1) is 12.7 Å². The van der Waals surface area contributed by atoms with Crippen molar-refractivity contribution in [1.29, 1.82) is 0 Å². The molecular weight excluding hydrogens is 217 g/mol. The lowest BCUT2D eigenvalue weighted by Crippen LogP contribution is -2.17. The van der Waals surface area contributed by atoms with Gasteiger partial charge in [0.25, 0.3) is 0 Å². The fraction of sp³-hybridized carbons (Fsp3) is 0.308. The van der Waals surface area contributed by atoms with Crippen molar-refractivity contribution in [2.75, 3.05) is 11.9 Å². The van der Waals surface area contributed by atoms with Crippen LogP contribution in [-0.4, -0.2) is 16.1 Å². The van der Waals surface area contributed by atoms with Crippen LogP contribution >= 0.6 is 0 Å². The third kappa shape index (κ3) is 1.69. The fourth-order valence-corrected chi connectivity index (χ4v) is 2.26. The van der Waals surface area contributed by atoms with Gasteiger partial charge >= 0.3 is 0 Å². The van der Waals surface area contributed by atoms with Gasteiger partial charge < -0.3 is 9.88 Å². The molecule has 1 aliphatic rings. The van der Waals surface area contributed by atoms with Gasteiger partial charge in [-0.05, 0) is 37.6 Å². The van der Waals surface area contributed by atoms with Gasteiger partial charge in [-0.1, -0.05) is 0 Å². The number of hydrogen-bond acceptors (Lipinski definition) is 2. The third-order valence-electron chi connectivity index (χ3n) is 3.18. The Kier molecular flexibility index (Phi) is 2.35. The zero-order chi connectivity index (χ0) is 11.8. The third-order valence-corrected chi connectivity index (χ3v) is 3.18. The Hall–Kier alpha value is -1.84. The number of nitrogens with zero attached hydrogens (tertiary/aromatic N) is 2. The quantitative estimate of drug-likeness (QED) is 0.817. The van der Waals surface area contributed by atoms with Crippen molar-refractivity contribution in [3.8, 4) is 11.3 Å². The molecule has 0 saturated carbocycles. The summed E-state index contributed by atoms with van der Waals surface area (Å²) in [6, 6.07) is 6.49. The molecule has 0 aliphatic carbocycles. The number of nitrogens with one attached hydrogen (secondary N) is 1. The molecule has 1 N–H and O–H groups in total. The maximum absolute atomic E-state index is 12.9. The molecule has 4 heteroatoms. The average molecular weight is 231 g/mol. The van der Waals surface area contributed by atoms with E-state index < -0.39 is 0 Å². The number of hydrogen-bond donors (Lipinski definition) is 1. The highest BCUT2D eigenvalue weighted by atomic mass is 19.1. The molecule has 17 heavy (non-hydrogen) atoms. The predicted octanol–water partition coefficient (Wildman–Crippen LogP) is 2.81. The first-order chi connectivity index (χ1) is 8.25. The monoisotopic (exact) mass is 231 g/mol. The van der Waals surface area contributed by atoms with Crippen LogP contribution in [0.4, 0.5) is 10.3 Å². The maximum atomic E-state index is 12.9. The Bertz CT molecular complexity index is 543. The lowest BCUT2D eigenvalue weighted by atomic mass is 10.1. The number of fused-ring (bicyclic) bond motifs is 1. The Labute approximate surface area is 99.3 Å². The first-order valence-corrected chi connectivity index (χ1v) is 5.82. The maximum Gasteiger partial charge on any atom is 0.203 e. The molecule has 0 bridgehead atoms. The van der Waals surface area contributed by atoms with Gasteiger partial charge in [-0.15, -0.1) is 0 Å². The summed E-state index contributed by atoms with van der Waals surface area (Å²) in [6.07, 6.45) is 1.12. The highest BCUT2D eigenvalue weighted by Gasteiger charge is 2.17. The lowest BCUT2D eigenvalue weighted by molar-refractivity contribution is 0.615. The lowest BCUT2D eigenvalue weighted by Gasteiger charge is -2.16. The zero-order valence-electron chi connectivity index (χ0n) is 9.70. The molecule has 3 rings (SSSR count). The van der Waals surface area contributed by atoms with E-state index in [4.69, 9.17) is 0 Å². The first-order valence-electron chi connectivity index (χ1n) is 5.82. The van der Waals surface area contributed by atoms with Gasteiger partial charge in [0.2, 0.25) is 5.95 Å². The zero-order valence-corrected chi connectivity index (χ0v) is 9.70. The van der Waals surface area contributed by atoms with E-state index in [2.05, 4.69) is 21.8 Å². The molecule has 0 spiro atoms. The molecule has 0 saturated heterocycles. The van der Waals surface area contributed by atoms with E-state index >= 15 is 0 Å². The highest BCUT2D eigenvalue weighted by Crippen LogP contribution is 2.27. The SMILES string of the molecule is Cc1c(-c2ccc(F)cc2)nc2n1CCCN2. The largest absolute Gasteiger partial charge is 0.356 e. The van der Waals surface area contributed by atoms with E-state index in [0.29, 0.717) is 0 Å². The molecule has 0 amide bonds. The highest BCUT2D eigenvalue weighted by molar-refractivity contribution is 5.64. The van der Waals surface area contributed by atoms with Crippen molar-refractivity contribution in [2.45, 2.75) is 19.9 Å². The van der Waals surface area contributed by atoms with Crippen molar-refractivity contribution in [1.82, 2.24) is 9.55 Å². The van der Waals surface area contributed by atoms with E-state index in [0.717, 1.165) is 42.4 Å². The summed E-state index contributed by atoms with van der Waals surface area (Å²) in [5.74, 6) is 0.710. The van der Waals surface area contributed by atoms with Crippen LogP contribution in [0.5, 0.6) is 0 Å². The molecule has 1 aromatic carbocycles. The molecule has 88 valence electrons. The topological polar surface area (TPSA) is 29.9 Å². The second kappa shape index (κ2) is 3.87. The summed E-state index contributed by atoms with van der Waals surface area (Å²) < 4.78 is 15.1. The number of rotatable bonds is 1. The van der Waals surface area contributed by atoms with Gasteiger partial charge in [0, 0.05) is 24.3 Å². The Morgan fingerprint density at radius 1 is 1.29 bits per heavy atom. The predicted molar refractivity (Wildman–Crippen MR) is 65.5 cm³/mol. The Balaban J connectivity index is 2.09. The summed E-state index contributed by atoms with van der Waals surface area (Å²) >= 11 is 0. The Morgan fingerprint density at radius 3 is 2.76 bits per heavy atom. The summed E-state index contributed by atoms with van der Waals surface area (Å²) in [4.78, 5) is 4.58. The van der Waals surface area contributed by atoms with Crippen molar-refractivity contribution < 1.29 is 4.39 Å². The number of halogens is 1. The number of benzene rings is 1. The Morgan fingerprint density at radius 2 is 2.06 bits per heavy atom. The minimum Gasteiger partial charge on any atom is -0.356 e. The van der Waals surface area contributed by atoms with E-state index in [9.17, 15) is 4.39 Å². The molecule has 2 heterocycles. The van der Waals surface area contributed by atoms with E-state index in [1.807, 2.05) is 0 Å². The molecular formula is C13H14FN3. The fourth-order valence-electron chi connectivity index (χ4n) is 2.26. The molecule has 1 aromatic heterocycles. The first kappa shape index (κ1) is 10.3. The van der Waals surface area contributed by atoms with Gasteiger partial charge in [-0.3, -0.25) is 0 Å². The summed E-state index contributed by atoms with van der Waals surface area (Å²) in [5.41, 5.74) is 3.04. The normalized spacial score (nSPS) is 14.2. The molecule has 0 radical (unpaired) electrons. The molecule has 2 aromatic rings. The van der Waals surface area contributed by atoms with Crippen LogP contribution in [0.3, 0.4) is 0 Å². The van der Waals surface area contributed by atoms with Crippen molar-refractivity contribution in [3.63, 3.8) is 0 Å². The van der Waals surface area contributed by atoms with Crippen LogP contribution in [-0.2, 0) is 6.54 Å². The van der Waals surface area contributed by atoms with Gasteiger partial charge in [-0.25, -0.2) is 9.37 Å². The smallest absolute Gasteiger partial charge is 0.203 e. The van der Waals surface area contributed by atoms with E-state index in [1.54, 1.807) is 12.1 Å². The van der Waals surface area contributed by atoms with Gasteiger partial charge in [0.05, 0.1) is 5.69 Å². The summed E-state index contributed by atoms with van der Waals surface area (Å²) in [5, 5.41) is 3.28. The second-order valence-electron chi connectivity index (χ2n) is 4.31. The van der Waals surface area contributed by atoms with Crippen LogP contribution in [0.2, 0.25) is 0 Å². The molecule has 0 atom stereocenters. The summed E-state index contributed by atoms with van der Waals surface area (Å²) in [7, 11) is 0. The second-order valence-corrected chi connectivity index (χ2v) is 4.31. The van der Waals surface area contributed by atoms with Crippen LogP contribution in [0.15, 0.2) is 24.3 Å². The van der Waals surface area contributed by atoms with Crippen LogP contribution < -0.4 is 5.32 Å². The van der Waals surface area contributed by atoms with Gasteiger partial charge in [0.15, 0.2) is 0 Å². The van der Waals surface area contributed by atoms with Crippen molar-refractivity contribution in [2.24, 2.45) is 0 Å². The standard InChI is InChI=1S/C13H14FN3/c1-9-12(10-3-5-11(14)6-4-10)16-13-15-7-2-8-17(9)13/h3-6H,2,7-8H2,1H3,(H,15,16). The van der Waals surface area contributed by atoms with E-state index in [-0.39, 0.29) is 5.82 Å². The number of imidazole rings is 1. The minimum absolute atomic E-state index is 0.214. The molecule has 3 nitrogen and oxygen atoms in total. The summed E-state index contributed by atoms with van der Waals surface area (Å²) in [6.45, 7) is 4.03. The van der Waals surface area contributed by atoms with E-state index in [1.165, 1.54) is 12.1 Å². The minimum atomic E-state index is -0.214. The van der Waals surface area contributed by atoms with Crippen LogP contribution in [0.25, 0.3) is 11.3 Å².